The highest BCUT2D eigenvalue weighted by Crippen LogP contribution is 2.29. The Hall–Kier alpha value is -1.13. The van der Waals surface area contributed by atoms with Crippen LogP contribution in [0.25, 0.3) is 11.3 Å². The lowest BCUT2D eigenvalue weighted by Crippen LogP contribution is -1.88. The number of rotatable bonds is 2. The van der Waals surface area contributed by atoms with Gasteiger partial charge < -0.3 is 10.1 Å². The van der Waals surface area contributed by atoms with Gasteiger partial charge in [-0.25, -0.2) is 4.98 Å². The van der Waals surface area contributed by atoms with Crippen LogP contribution in [0.15, 0.2) is 18.5 Å². The van der Waals surface area contributed by atoms with Gasteiger partial charge in [0.15, 0.2) is 0 Å². The van der Waals surface area contributed by atoms with Gasteiger partial charge in [-0.05, 0) is 19.9 Å². The number of nitrogens with zero attached hydrogens (tertiary/aromatic N) is 1. The maximum absolute atomic E-state index is 9.40. The van der Waals surface area contributed by atoms with Crippen molar-refractivity contribution in [1.29, 1.82) is 0 Å². The quantitative estimate of drug-likeness (QED) is 0.796. The number of aryl methyl sites for hydroxylation is 1. The van der Waals surface area contributed by atoms with Gasteiger partial charge in [0.1, 0.15) is 11.1 Å². The summed E-state index contributed by atoms with van der Waals surface area (Å²) >= 11 is 1.55. The van der Waals surface area contributed by atoms with Crippen molar-refractivity contribution in [2.75, 3.05) is 0 Å². The fourth-order valence-corrected chi connectivity index (χ4v) is 2.22. The lowest BCUT2D eigenvalue weighted by atomic mass is 10.2. The van der Waals surface area contributed by atoms with Crippen molar-refractivity contribution < 1.29 is 5.11 Å². The van der Waals surface area contributed by atoms with E-state index in [1.54, 1.807) is 18.3 Å². The molecule has 2 heterocycles. The van der Waals surface area contributed by atoms with Crippen LogP contribution in [0.3, 0.4) is 0 Å². The van der Waals surface area contributed by atoms with Gasteiger partial charge in [-0.1, -0.05) is 0 Å². The monoisotopic (exact) mass is 208 g/mol. The van der Waals surface area contributed by atoms with Crippen molar-refractivity contribution >= 4 is 11.3 Å². The Kier molecular flexibility index (Phi) is 2.39. The third-order valence-corrected chi connectivity index (χ3v) is 3.18. The number of nitrogens with one attached hydrogen (secondary N) is 1. The van der Waals surface area contributed by atoms with Crippen molar-refractivity contribution in [3.8, 4) is 11.3 Å². The summed E-state index contributed by atoms with van der Waals surface area (Å²) < 4.78 is 0. The van der Waals surface area contributed by atoms with Gasteiger partial charge >= 0.3 is 0 Å². The van der Waals surface area contributed by atoms with Crippen molar-refractivity contribution in [3.63, 3.8) is 0 Å². The molecular weight excluding hydrogens is 196 g/mol. The fourth-order valence-electron chi connectivity index (χ4n) is 1.33. The summed E-state index contributed by atoms with van der Waals surface area (Å²) in [5, 5.41) is 10.2. The van der Waals surface area contributed by atoms with Crippen LogP contribution in [0.4, 0.5) is 0 Å². The van der Waals surface area contributed by atoms with Crippen LogP contribution < -0.4 is 0 Å². The van der Waals surface area contributed by atoms with Crippen LogP contribution >= 0.6 is 11.3 Å². The summed E-state index contributed by atoms with van der Waals surface area (Å²) in [5.41, 5.74) is 2.04. The maximum atomic E-state index is 9.40. The Bertz CT molecular complexity index is 417. The van der Waals surface area contributed by atoms with Crippen LogP contribution in [-0.2, 0) is 0 Å². The highest BCUT2D eigenvalue weighted by molar-refractivity contribution is 7.12. The van der Waals surface area contributed by atoms with Gasteiger partial charge in [-0.3, -0.25) is 0 Å². The molecule has 2 N–H and O–H groups in total. The summed E-state index contributed by atoms with van der Waals surface area (Å²) in [6.07, 6.45) is 3.30. The number of thiazole rings is 1. The first-order chi connectivity index (χ1) is 6.68. The van der Waals surface area contributed by atoms with E-state index in [-0.39, 0.29) is 0 Å². The van der Waals surface area contributed by atoms with Gasteiger partial charge in [0.25, 0.3) is 0 Å². The number of hydrogen-bond donors (Lipinski definition) is 2. The second-order valence-electron chi connectivity index (χ2n) is 3.23. The predicted octanol–water partition coefficient (Wildman–Crippen LogP) is 2.50. The van der Waals surface area contributed by atoms with Crippen LogP contribution in [0.5, 0.6) is 0 Å². The molecule has 0 fully saturated rings. The second-order valence-corrected chi connectivity index (χ2v) is 4.47. The maximum Gasteiger partial charge on any atom is 0.122 e. The minimum absolute atomic E-state index is 0.480. The Morgan fingerprint density at radius 1 is 1.57 bits per heavy atom. The molecule has 0 spiro atoms. The predicted molar refractivity (Wildman–Crippen MR) is 57.3 cm³/mol. The molecule has 1 atom stereocenters. The number of hydrogen-bond acceptors (Lipinski definition) is 3. The van der Waals surface area contributed by atoms with E-state index in [2.05, 4.69) is 9.97 Å². The lowest BCUT2D eigenvalue weighted by molar-refractivity contribution is 0.199. The molecule has 0 radical (unpaired) electrons. The number of H-pyrrole nitrogens is 1. The van der Waals surface area contributed by atoms with Gasteiger partial charge in [0.2, 0.25) is 0 Å². The standard InChI is InChI=1S/C10H12N2OS/c1-6(13)10-12-9(7(2)14-10)8-3-4-11-5-8/h3-6,11,13H,1-2H3. The fraction of sp³-hybridized carbons (Fsp3) is 0.300. The second kappa shape index (κ2) is 3.55. The van der Waals surface area contributed by atoms with Crippen LogP contribution in [0.2, 0.25) is 0 Å². The van der Waals surface area contributed by atoms with Crippen molar-refractivity contribution in [2.24, 2.45) is 0 Å². The topological polar surface area (TPSA) is 48.9 Å². The van der Waals surface area contributed by atoms with E-state index in [0.29, 0.717) is 0 Å². The molecule has 0 bridgehead atoms. The lowest BCUT2D eigenvalue weighted by Gasteiger charge is -1.95. The van der Waals surface area contributed by atoms with Crippen molar-refractivity contribution in [3.05, 3.63) is 28.3 Å². The smallest absolute Gasteiger partial charge is 0.122 e. The molecule has 2 aromatic rings. The number of aliphatic hydroxyl groups excluding tert-OH is 1. The Balaban J connectivity index is 2.45. The Labute approximate surface area is 86.4 Å². The highest BCUT2D eigenvalue weighted by atomic mass is 32.1. The zero-order valence-corrected chi connectivity index (χ0v) is 8.93. The van der Waals surface area contributed by atoms with Crippen molar-refractivity contribution in [1.82, 2.24) is 9.97 Å². The van der Waals surface area contributed by atoms with Gasteiger partial charge in [0, 0.05) is 22.8 Å². The molecule has 0 aliphatic heterocycles. The molecule has 4 heteroatoms. The number of aromatic amines is 1. The van der Waals surface area contributed by atoms with Crippen LogP contribution in [0.1, 0.15) is 22.9 Å². The minimum atomic E-state index is -0.480. The van der Waals surface area contributed by atoms with E-state index in [1.807, 2.05) is 25.4 Å². The molecule has 0 amide bonds. The Morgan fingerprint density at radius 3 is 2.86 bits per heavy atom. The highest BCUT2D eigenvalue weighted by Gasteiger charge is 2.12. The number of aromatic nitrogens is 2. The summed E-state index contributed by atoms with van der Waals surface area (Å²) in [5.74, 6) is 0. The molecule has 2 rings (SSSR count). The van der Waals surface area contributed by atoms with E-state index in [0.717, 1.165) is 21.1 Å². The molecule has 0 aromatic carbocycles. The van der Waals surface area contributed by atoms with E-state index < -0.39 is 6.10 Å². The molecule has 3 nitrogen and oxygen atoms in total. The molecular formula is C10H12N2OS. The third-order valence-electron chi connectivity index (χ3n) is 2.04. The summed E-state index contributed by atoms with van der Waals surface area (Å²) in [6, 6.07) is 1.98. The van der Waals surface area contributed by atoms with E-state index in [1.165, 1.54) is 0 Å². The molecule has 0 saturated carbocycles. The summed E-state index contributed by atoms with van der Waals surface area (Å²) in [6.45, 7) is 3.76. The molecule has 0 aliphatic carbocycles. The first-order valence-corrected chi connectivity index (χ1v) is 5.28. The summed E-state index contributed by atoms with van der Waals surface area (Å²) in [4.78, 5) is 8.54. The van der Waals surface area contributed by atoms with Crippen LogP contribution in [0, 0.1) is 6.92 Å². The largest absolute Gasteiger partial charge is 0.386 e. The van der Waals surface area contributed by atoms with Gasteiger partial charge in [-0.2, -0.15) is 0 Å². The molecule has 0 saturated heterocycles. The molecule has 1 unspecified atom stereocenters. The molecule has 74 valence electrons. The molecule has 0 aliphatic rings. The zero-order chi connectivity index (χ0) is 10.1. The Morgan fingerprint density at radius 2 is 2.36 bits per heavy atom. The van der Waals surface area contributed by atoms with Gasteiger partial charge in [-0.15, -0.1) is 11.3 Å². The minimum Gasteiger partial charge on any atom is -0.386 e. The normalized spacial score (nSPS) is 13.1. The third kappa shape index (κ3) is 1.58. The average molecular weight is 208 g/mol. The van der Waals surface area contributed by atoms with Crippen molar-refractivity contribution in [2.45, 2.75) is 20.0 Å². The van der Waals surface area contributed by atoms with E-state index >= 15 is 0 Å². The number of aliphatic hydroxyl groups is 1. The average Bonchev–Trinajstić information content (AvgIpc) is 2.71. The SMILES string of the molecule is Cc1sc(C(C)O)nc1-c1cc[nH]c1. The van der Waals surface area contributed by atoms with Crippen LogP contribution in [-0.4, -0.2) is 15.1 Å². The zero-order valence-electron chi connectivity index (χ0n) is 8.11. The van der Waals surface area contributed by atoms with E-state index in [9.17, 15) is 5.11 Å². The van der Waals surface area contributed by atoms with E-state index in [4.69, 9.17) is 0 Å². The first-order valence-electron chi connectivity index (χ1n) is 4.47. The first kappa shape index (κ1) is 9.43. The molecule has 2 aromatic heterocycles. The van der Waals surface area contributed by atoms with Gasteiger partial charge in [0.05, 0.1) is 5.69 Å². The molecule has 14 heavy (non-hydrogen) atoms. The summed E-state index contributed by atoms with van der Waals surface area (Å²) in [7, 11) is 0.